The van der Waals surface area contributed by atoms with Crippen molar-refractivity contribution in [2.24, 2.45) is 17.8 Å². The Bertz CT molecular complexity index is 1130. The third-order valence-corrected chi connectivity index (χ3v) is 8.97. The number of likely N-dealkylation sites (tertiary alicyclic amines) is 1. The highest BCUT2D eigenvalue weighted by Crippen LogP contribution is 2.65. The molecule has 1 N–H and O–H groups in total. The zero-order valence-electron chi connectivity index (χ0n) is 24.2. The maximum absolute atomic E-state index is 14.8. The van der Waals surface area contributed by atoms with E-state index in [1.165, 1.54) is 0 Å². The predicted molar refractivity (Wildman–Crippen MR) is 149 cm³/mol. The molecule has 0 aromatic heterocycles. The Hall–Kier alpha value is -2.71. The number of hydrogen-bond donors (Lipinski definition) is 1. The third kappa shape index (κ3) is 4.59. The van der Waals surface area contributed by atoms with Crippen LogP contribution in [0.15, 0.2) is 30.9 Å². The van der Waals surface area contributed by atoms with Crippen LogP contribution in [0.5, 0.6) is 0 Å². The Kier molecular flexibility index (Phi) is 8.29. The average Bonchev–Trinajstić information content (AvgIpc) is 3.50. The van der Waals surface area contributed by atoms with Crippen LogP contribution < -0.4 is 4.90 Å². The van der Waals surface area contributed by atoms with E-state index in [1.54, 1.807) is 22.8 Å². The van der Waals surface area contributed by atoms with E-state index in [-0.39, 0.29) is 37.5 Å². The van der Waals surface area contributed by atoms with Crippen molar-refractivity contribution in [3.8, 4) is 0 Å². The van der Waals surface area contributed by atoms with Gasteiger partial charge in [0.1, 0.15) is 17.6 Å². The SMILES string of the molecule is C=CCN(C(=O)C1N([C@@H](CO)CC(C)C)C(=O)[C@@H]2[C@H](C(=O)OCC)[C@]3(CC)CCC12O3)c1cc(C)ccc1C. The first kappa shape index (κ1) is 29.3. The van der Waals surface area contributed by atoms with Gasteiger partial charge in [-0.05, 0) is 69.6 Å². The van der Waals surface area contributed by atoms with Crippen molar-refractivity contribution < 1.29 is 29.0 Å². The van der Waals surface area contributed by atoms with E-state index in [0.717, 1.165) is 16.8 Å². The van der Waals surface area contributed by atoms with Crippen LogP contribution in [0, 0.1) is 31.6 Å². The summed E-state index contributed by atoms with van der Waals surface area (Å²) in [5, 5.41) is 10.5. The number of amides is 2. The van der Waals surface area contributed by atoms with Gasteiger partial charge in [0.15, 0.2) is 0 Å². The second-order valence-corrected chi connectivity index (χ2v) is 11.8. The van der Waals surface area contributed by atoms with E-state index in [1.807, 2.05) is 52.8 Å². The number of aryl methyl sites for hydroxylation is 2. The molecule has 3 heterocycles. The molecule has 39 heavy (non-hydrogen) atoms. The lowest BCUT2D eigenvalue weighted by Crippen LogP contribution is -2.59. The molecule has 3 aliphatic rings. The Labute approximate surface area is 232 Å². The van der Waals surface area contributed by atoms with Gasteiger partial charge in [0.05, 0.1) is 30.8 Å². The highest BCUT2D eigenvalue weighted by molar-refractivity contribution is 6.05. The van der Waals surface area contributed by atoms with Crippen molar-refractivity contribution in [1.29, 1.82) is 0 Å². The summed E-state index contributed by atoms with van der Waals surface area (Å²) in [5.74, 6) is -2.50. The number of ether oxygens (including phenoxy) is 2. The maximum Gasteiger partial charge on any atom is 0.312 e. The number of esters is 1. The molecule has 0 saturated carbocycles. The zero-order chi connectivity index (χ0) is 28.7. The minimum Gasteiger partial charge on any atom is -0.466 e. The molecule has 0 aliphatic carbocycles. The summed E-state index contributed by atoms with van der Waals surface area (Å²) in [4.78, 5) is 45.8. The van der Waals surface area contributed by atoms with Gasteiger partial charge in [-0.1, -0.05) is 39.0 Å². The lowest BCUT2D eigenvalue weighted by atomic mass is 9.65. The summed E-state index contributed by atoms with van der Waals surface area (Å²) >= 11 is 0. The van der Waals surface area contributed by atoms with E-state index in [0.29, 0.717) is 25.7 Å². The van der Waals surface area contributed by atoms with Crippen LogP contribution in [0.3, 0.4) is 0 Å². The van der Waals surface area contributed by atoms with Gasteiger partial charge < -0.3 is 24.4 Å². The second-order valence-electron chi connectivity index (χ2n) is 11.8. The minimum atomic E-state index is -1.18. The molecule has 4 rings (SSSR count). The van der Waals surface area contributed by atoms with Crippen molar-refractivity contribution in [2.45, 2.75) is 90.5 Å². The van der Waals surface area contributed by atoms with Gasteiger partial charge in [-0.15, -0.1) is 6.58 Å². The first-order valence-corrected chi connectivity index (χ1v) is 14.3. The van der Waals surface area contributed by atoms with Gasteiger partial charge >= 0.3 is 5.97 Å². The molecular weight excluding hydrogens is 496 g/mol. The Morgan fingerprint density at radius 1 is 1.28 bits per heavy atom. The molecule has 3 fully saturated rings. The molecule has 3 saturated heterocycles. The number of anilines is 1. The predicted octanol–water partition coefficient (Wildman–Crippen LogP) is 3.95. The van der Waals surface area contributed by atoms with Crippen LogP contribution in [0.1, 0.15) is 64.5 Å². The van der Waals surface area contributed by atoms with E-state index < -0.39 is 41.1 Å². The van der Waals surface area contributed by atoms with Crippen LogP contribution in [-0.2, 0) is 23.9 Å². The van der Waals surface area contributed by atoms with Gasteiger partial charge in [0, 0.05) is 12.2 Å². The minimum absolute atomic E-state index is 0.173. The van der Waals surface area contributed by atoms with Gasteiger partial charge in [0.25, 0.3) is 5.91 Å². The Morgan fingerprint density at radius 2 is 2.00 bits per heavy atom. The van der Waals surface area contributed by atoms with Crippen LogP contribution >= 0.6 is 0 Å². The number of carbonyl (C=O) groups excluding carboxylic acids is 3. The quantitative estimate of drug-likeness (QED) is 0.337. The normalized spacial score (nSPS) is 30.0. The number of rotatable bonds is 11. The number of carbonyl (C=O) groups is 3. The van der Waals surface area contributed by atoms with Crippen molar-refractivity contribution in [3.63, 3.8) is 0 Å². The smallest absolute Gasteiger partial charge is 0.312 e. The molecule has 2 unspecified atom stereocenters. The van der Waals surface area contributed by atoms with Gasteiger partial charge in [-0.3, -0.25) is 14.4 Å². The Balaban J connectivity index is 1.90. The molecule has 1 spiro atoms. The molecule has 8 nitrogen and oxygen atoms in total. The molecule has 214 valence electrons. The molecular formula is C31H44N2O6. The Morgan fingerprint density at radius 3 is 2.59 bits per heavy atom. The summed E-state index contributed by atoms with van der Waals surface area (Å²) in [6.07, 6.45) is 3.77. The molecule has 8 heteroatoms. The average molecular weight is 541 g/mol. The van der Waals surface area contributed by atoms with Crippen LogP contribution in [0.2, 0.25) is 0 Å². The summed E-state index contributed by atoms with van der Waals surface area (Å²) in [7, 11) is 0. The number of benzene rings is 1. The summed E-state index contributed by atoms with van der Waals surface area (Å²) in [6, 6.07) is 4.36. The number of aliphatic hydroxyl groups is 1. The van der Waals surface area contributed by atoms with E-state index in [4.69, 9.17) is 9.47 Å². The first-order chi connectivity index (χ1) is 18.5. The largest absolute Gasteiger partial charge is 0.466 e. The molecule has 6 atom stereocenters. The fraction of sp³-hybridized carbons (Fsp3) is 0.645. The van der Waals surface area contributed by atoms with Crippen molar-refractivity contribution in [2.75, 3.05) is 24.7 Å². The molecule has 3 aliphatic heterocycles. The highest BCUT2D eigenvalue weighted by Gasteiger charge is 2.79. The topological polar surface area (TPSA) is 96.4 Å². The number of hydrogen-bond acceptors (Lipinski definition) is 6. The van der Waals surface area contributed by atoms with Crippen LogP contribution in [0.4, 0.5) is 5.69 Å². The number of fused-ring (bicyclic) bond motifs is 1. The molecule has 0 radical (unpaired) electrons. The summed E-state index contributed by atoms with van der Waals surface area (Å²) < 4.78 is 12.3. The monoisotopic (exact) mass is 540 g/mol. The van der Waals surface area contributed by atoms with Crippen LogP contribution in [-0.4, -0.2) is 70.8 Å². The van der Waals surface area contributed by atoms with Crippen molar-refractivity contribution in [3.05, 3.63) is 42.0 Å². The maximum atomic E-state index is 14.8. The summed E-state index contributed by atoms with van der Waals surface area (Å²) in [5.41, 5.74) is 0.644. The van der Waals surface area contributed by atoms with Crippen molar-refractivity contribution >= 4 is 23.5 Å². The van der Waals surface area contributed by atoms with Crippen LogP contribution in [0.25, 0.3) is 0 Å². The lowest BCUT2D eigenvalue weighted by Gasteiger charge is -2.40. The molecule has 1 aromatic carbocycles. The number of nitrogens with zero attached hydrogens (tertiary/aromatic N) is 2. The van der Waals surface area contributed by atoms with Gasteiger partial charge in [-0.2, -0.15) is 0 Å². The first-order valence-electron chi connectivity index (χ1n) is 14.3. The standard InChI is InChI=1S/C31H44N2O6/c1-8-15-32(23-17-20(6)11-12-21(23)7)28(36)26-31-14-13-30(9-2,39-31)25(29(37)38-10-3)24(31)27(35)33(26)22(18-34)16-19(4)5/h8,11-12,17,19,22,24-26,34H,1,9-10,13-16,18H2,2-7H3/t22-,24+,25-,26?,30+,31?/m1/s1. The van der Waals surface area contributed by atoms with Gasteiger partial charge in [-0.25, -0.2) is 0 Å². The molecule has 2 amide bonds. The molecule has 1 aromatic rings. The van der Waals surface area contributed by atoms with Crippen molar-refractivity contribution in [1.82, 2.24) is 4.90 Å². The third-order valence-electron chi connectivity index (χ3n) is 8.97. The van der Waals surface area contributed by atoms with E-state index in [2.05, 4.69) is 6.58 Å². The fourth-order valence-corrected chi connectivity index (χ4v) is 7.33. The fourth-order valence-electron chi connectivity index (χ4n) is 7.33. The zero-order valence-corrected chi connectivity index (χ0v) is 24.2. The second kappa shape index (κ2) is 11.0. The summed E-state index contributed by atoms with van der Waals surface area (Å²) in [6.45, 7) is 15.7. The van der Waals surface area contributed by atoms with E-state index >= 15 is 0 Å². The lowest BCUT2D eigenvalue weighted by molar-refractivity contribution is -0.161. The van der Waals surface area contributed by atoms with E-state index in [9.17, 15) is 19.5 Å². The van der Waals surface area contributed by atoms with Gasteiger partial charge in [0.2, 0.25) is 5.91 Å². The highest BCUT2D eigenvalue weighted by atomic mass is 16.6. The molecule has 2 bridgehead atoms. The number of aliphatic hydroxyl groups excluding tert-OH is 1.